The molecule has 0 saturated carbocycles. The number of hydrogen-bond donors (Lipinski definition) is 1. The summed E-state index contributed by atoms with van der Waals surface area (Å²) in [6, 6.07) is 3.99. The molecule has 2 heterocycles. The molecule has 1 N–H and O–H groups in total. The number of nitrogens with one attached hydrogen (secondary N) is 1. The van der Waals surface area contributed by atoms with Crippen molar-refractivity contribution in [3.63, 3.8) is 0 Å². The predicted octanol–water partition coefficient (Wildman–Crippen LogP) is 2.28. The van der Waals surface area contributed by atoms with Crippen LogP contribution in [0.15, 0.2) is 24.5 Å². The van der Waals surface area contributed by atoms with Gasteiger partial charge < -0.3 is 4.74 Å². The third-order valence-electron chi connectivity index (χ3n) is 2.57. The molecule has 0 spiro atoms. The summed E-state index contributed by atoms with van der Waals surface area (Å²) in [7, 11) is 0. The van der Waals surface area contributed by atoms with E-state index >= 15 is 0 Å². The molecular formula is C13H15F2N5O2. The van der Waals surface area contributed by atoms with Gasteiger partial charge in [-0.05, 0) is 26.8 Å². The first kappa shape index (κ1) is 15.8. The van der Waals surface area contributed by atoms with Crippen LogP contribution in [-0.2, 0) is 5.54 Å². The van der Waals surface area contributed by atoms with Crippen molar-refractivity contribution >= 4 is 11.9 Å². The van der Waals surface area contributed by atoms with Gasteiger partial charge in [0.25, 0.3) is 5.91 Å². The van der Waals surface area contributed by atoms with Crippen molar-refractivity contribution in [1.29, 1.82) is 0 Å². The fraction of sp³-hybridized carbons (Fsp3) is 0.385. The van der Waals surface area contributed by atoms with Crippen molar-refractivity contribution in [2.75, 3.05) is 5.32 Å². The number of carbonyl (C=O) groups excluding carboxylic acids is 1. The van der Waals surface area contributed by atoms with Gasteiger partial charge in [0, 0.05) is 6.07 Å². The molecule has 9 heteroatoms. The summed E-state index contributed by atoms with van der Waals surface area (Å²) in [5.74, 6) is -0.857. The number of nitrogens with zero attached hydrogens (tertiary/aromatic N) is 4. The van der Waals surface area contributed by atoms with Gasteiger partial charge in [0.2, 0.25) is 11.8 Å². The monoisotopic (exact) mass is 311 g/mol. The van der Waals surface area contributed by atoms with Crippen LogP contribution in [0.3, 0.4) is 0 Å². The van der Waals surface area contributed by atoms with Crippen LogP contribution in [0.1, 0.15) is 31.3 Å². The van der Waals surface area contributed by atoms with E-state index in [0.29, 0.717) is 0 Å². The second-order valence-corrected chi connectivity index (χ2v) is 5.38. The Labute approximate surface area is 125 Å². The number of aromatic nitrogens is 4. The number of hydrogen-bond acceptors (Lipinski definition) is 5. The van der Waals surface area contributed by atoms with Gasteiger partial charge in [-0.25, -0.2) is 14.6 Å². The van der Waals surface area contributed by atoms with Gasteiger partial charge in [-0.3, -0.25) is 10.1 Å². The van der Waals surface area contributed by atoms with Crippen molar-refractivity contribution in [1.82, 2.24) is 19.7 Å². The average molecular weight is 311 g/mol. The van der Waals surface area contributed by atoms with E-state index in [1.165, 1.54) is 24.5 Å². The fourth-order valence-corrected chi connectivity index (χ4v) is 1.51. The SMILES string of the molecule is CC(C)(C)n1cnc(NC(=O)c2cccc(OC(F)F)n2)n1. The van der Waals surface area contributed by atoms with Gasteiger partial charge in [-0.2, -0.15) is 8.78 Å². The Morgan fingerprint density at radius 2 is 2.09 bits per heavy atom. The van der Waals surface area contributed by atoms with E-state index in [2.05, 4.69) is 25.1 Å². The smallest absolute Gasteiger partial charge is 0.388 e. The minimum absolute atomic E-state index is 0.0785. The molecular weight excluding hydrogens is 296 g/mol. The number of anilines is 1. The maximum atomic E-state index is 12.1. The number of ether oxygens (including phenoxy) is 1. The molecule has 0 radical (unpaired) electrons. The molecule has 0 aliphatic rings. The first-order chi connectivity index (χ1) is 10.3. The highest BCUT2D eigenvalue weighted by Gasteiger charge is 2.17. The number of rotatable bonds is 4. The van der Waals surface area contributed by atoms with Crippen LogP contribution in [0.25, 0.3) is 0 Å². The van der Waals surface area contributed by atoms with Crippen LogP contribution in [0, 0.1) is 0 Å². The summed E-state index contributed by atoms with van der Waals surface area (Å²) >= 11 is 0. The molecule has 0 aromatic carbocycles. The molecule has 118 valence electrons. The Kier molecular flexibility index (Phi) is 4.34. The topological polar surface area (TPSA) is 81.9 Å². The van der Waals surface area contributed by atoms with Gasteiger partial charge >= 0.3 is 6.61 Å². The van der Waals surface area contributed by atoms with Crippen LogP contribution in [0.5, 0.6) is 5.88 Å². The first-order valence-corrected chi connectivity index (χ1v) is 6.41. The normalized spacial score (nSPS) is 11.5. The quantitative estimate of drug-likeness (QED) is 0.936. The van der Waals surface area contributed by atoms with Crippen molar-refractivity contribution in [3.8, 4) is 5.88 Å². The number of amides is 1. The highest BCUT2D eigenvalue weighted by Crippen LogP contribution is 2.14. The lowest BCUT2D eigenvalue weighted by Crippen LogP contribution is -2.22. The van der Waals surface area contributed by atoms with E-state index in [4.69, 9.17) is 0 Å². The Morgan fingerprint density at radius 1 is 1.36 bits per heavy atom. The standard InChI is InChI=1S/C13H15F2N5O2/c1-13(2,3)20-7-16-12(19-20)18-10(21)8-5-4-6-9(17-8)22-11(14)15/h4-7,11H,1-3H3,(H,18,19,21). The molecule has 0 bridgehead atoms. The predicted molar refractivity (Wildman–Crippen MR) is 73.8 cm³/mol. The highest BCUT2D eigenvalue weighted by atomic mass is 19.3. The van der Waals surface area contributed by atoms with Gasteiger partial charge in [-0.1, -0.05) is 6.07 Å². The van der Waals surface area contributed by atoms with E-state index in [0.717, 1.165) is 0 Å². The van der Waals surface area contributed by atoms with E-state index < -0.39 is 12.5 Å². The van der Waals surface area contributed by atoms with E-state index in [9.17, 15) is 13.6 Å². The summed E-state index contributed by atoms with van der Waals surface area (Å²) in [4.78, 5) is 19.7. The van der Waals surface area contributed by atoms with Crippen LogP contribution in [-0.4, -0.2) is 32.3 Å². The summed E-state index contributed by atoms with van der Waals surface area (Å²) in [6.45, 7) is 2.79. The molecule has 1 amide bonds. The Hall–Kier alpha value is -2.58. The van der Waals surface area contributed by atoms with Gasteiger partial charge in [0.15, 0.2) is 0 Å². The molecule has 22 heavy (non-hydrogen) atoms. The Balaban J connectivity index is 2.10. The van der Waals surface area contributed by atoms with Crippen molar-refractivity contribution in [3.05, 3.63) is 30.2 Å². The maximum absolute atomic E-state index is 12.1. The zero-order valence-corrected chi connectivity index (χ0v) is 12.2. The van der Waals surface area contributed by atoms with Crippen molar-refractivity contribution in [2.45, 2.75) is 32.9 Å². The second kappa shape index (κ2) is 6.04. The molecule has 7 nitrogen and oxygen atoms in total. The van der Waals surface area contributed by atoms with E-state index in [1.54, 1.807) is 4.68 Å². The highest BCUT2D eigenvalue weighted by molar-refractivity contribution is 6.01. The third kappa shape index (κ3) is 3.96. The number of alkyl halides is 2. The Bertz CT molecular complexity index is 666. The van der Waals surface area contributed by atoms with Crippen molar-refractivity contribution < 1.29 is 18.3 Å². The minimum atomic E-state index is -3.00. The molecule has 2 aromatic rings. The lowest BCUT2D eigenvalue weighted by molar-refractivity contribution is -0.0529. The second-order valence-electron chi connectivity index (χ2n) is 5.38. The van der Waals surface area contributed by atoms with E-state index in [-0.39, 0.29) is 23.1 Å². The van der Waals surface area contributed by atoms with Crippen LogP contribution >= 0.6 is 0 Å². The molecule has 0 saturated heterocycles. The van der Waals surface area contributed by atoms with Crippen LogP contribution in [0.4, 0.5) is 14.7 Å². The van der Waals surface area contributed by atoms with Crippen LogP contribution in [0.2, 0.25) is 0 Å². The number of carbonyl (C=O) groups is 1. The molecule has 0 atom stereocenters. The van der Waals surface area contributed by atoms with Gasteiger partial charge in [-0.15, -0.1) is 5.10 Å². The lowest BCUT2D eigenvalue weighted by Gasteiger charge is -2.17. The summed E-state index contributed by atoms with van der Waals surface area (Å²) in [6.07, 6.45) is 1.49. The first-order valence-electron chi connectivity index (χ1n) is 6.41. The summed E-state index contributed by atoms with van der Waals surface area (Å²) < 4.78 is 30.0. The third-order valence-corrected chi connectivity index (χ3v) is 2.57. The molecule has 0 aliphatic carbocycles. The zero-order chi connectivity index (χ0) is 16.3. The maximum Gasteiger partial charge on any atom is 0.388 e. The summed E-state index contributed by atoms with van der Waals surface area (Å²) in [5, 5.41) is 6.56. The van der Waals surface area contributed by atoms with E-state index in [1.807, 2.05) is 20.8 Å². The Morgan fingerprint density at radius 3 is 2.68 bits per heavy atom. The van der Waals surface area contributed by atoms with Gasteiger partial charge in [0.1, 0.15) is 12.0 Å². The molecule has 0 aliphatic heterocycles. The fourth-order valence-electron chi connectivity index (χ4n) is 1.51. The molecule has 0 unspecified atom stereocenters. The van der Waals surface area contributed by atoms with Gasteiger partial charge in [0.05, 0.1) is 5.54 Å². The van der Waals surface area contributed by atoms with Crippen molar-refractivity contribution in [2.24, 2.45) is 0 Å². The zero-order valence-electron chi connectivity index (χ0n) is 12.2. The largest absolute Gasteiger partial charge is 0.417 e. The summed E-state index contributed by atoms with van der Waals surface area (Å²) in [5.41, 5.74) is -0.357. The molecule has 0 fully saturated rings. The number of pyridine rings is 1. The van der Waals surface area contributed by atoms with Crippen LogP contribution < -0.4 is 10.1 Å². The minimum Gasteiger partial charge on any atom is -0.417 e. The average Bonchev–Trinajstić information content (AvgIpc) is 2.86. The molecule has 2 aromatic heterocycles. The molecule has 2 rings (SSSR count). The lowest BCUT2D eigenvalue weighted by atomic mass is 10.1. The number of halogens is 2.